The number of anilines is 1. The van der Waals surface area contributed by atoms with Crippen LogP contribution in [0.1, 0.15) is 5.56 Å². The third kappa shape index (κ3) is 1.24. The lowest BCUT2D eigenvalue weighted by molar-refractivity contribution is -0.401. The fourth-order valence-corrected chi connectivity index (χ4v) is 1.37. The highest BCUT2D eigenvalue weighted by molar-refractivity contribution is 6.31. The molecule has 0 radical (unpaired) electrons. The van der Waals surface area contributed by atoms with Gasteiger partial charge in [0.05, 0.1) is 4.92 Å². The molecular formula is C9H6N2O3. The van der Waals surface area contributed by atoms with E-state index in [9.17, 15) is 14.9 Å². The molecule has 0 saturated heterocycles. The molecule has 1 heterocycles. The van der Waals surface area contributed by atoms with Crippen molar-refractivity contribution in [1.29, 1.82) is 0 Å². The maximum atomic E-state index is 11.3. The van der Waals surface area contributed by atoms with E-state index in [4.69, 9.17) is 0 Å². The Morgan fingerprint density at radius 2 is 2.07 bits per heavy atom. The Morgan fingerprint density at radius 1 is 1.36 bits per heavy atom. The second kappa shape index (κ2) is 2.95. The summed E-state index contributed by atoms with van der Waals surface area (Å²) in [5.74, 6) is -0.428. The Hall–Kier alpha value is -2.17. The summed E-state index contributed by atoms with van der Waals surface area (Å²) in [5, 5.41) is 12.8. The topological polar surface area (TPSA) is 72.2 Å². The SMILES string of the molecule is O=C1Nc2ccccc2C1=C[N+](=O)[O-]. The second-order valence-electron chi connectivity index (χ2n) is 2.83. The van der Waals surface area contributed by atoms with E-state index < -0.39 is 10.8 Å². The molecule has 0 atom stereocenters. The Labute approximate surface area is 79.2 Å². The summed E-state index contributed by atoms with van der Waals surface area (Å²) in [5.41, 5.74) is 1.30. The second-order valence-corrected chi connectivity index (χ2v) is 2.83. The smallest absolute Gasteiger partial charge is 0.262 e. The molecule has 1 aromatic carbocycles. The van der Waals surface area contributed by atoms with Crippen molar-refractivity contribution in [3.05, 3.63) is 46.1 Å². The highest BCUT2D eigenvalue weighted by Gasteiger charge is 2.26. The molecule has 14 heavy (non-hydrogen) atoms. The molecule has 0 fully saturated rings. The monoisotopic (exact) mass is 190 g/mol. The first-order valence-corrected chi connectivity index (χ1v) is 3.94. The zero-order valence-electron chi connectivity index (χ0n) is 7.06. The minimum Gasteiger partial charge on any atom is -0.321 e. The number of nitro groups is 1. The average Bonchev–Trinajstić information content (AvgIpc) is 2.43. The van der Waals surface area contributed by atoms with Gasteiger partial charge < -0.3 is 5.32 Å². The van der Waals surface area contributed by atoms with E-state index in [0.717, 1.165) is 6.20 Å². The number of para-hydroxylation sites is 1. The van der Waals surface area contributed by atoms with E-state index in [2.05, 4.69) is 5.32 Å². The Bertz CT molecular complexity index is 451. The molecule has 1 aromatic rings. The van der Waals surface area contributed by atoms with Crippen LogP contribution < -0.4 is 5.32 Å². The quantitative estimate of drug-likeness (QED) is 0.411. The summed E-state index contributed by atoms with van der Waals surface area (Å²) in [6.07, 6.45) is 0.723. The van der Waals surface area contributed by atoms with Crippen LogP contribution >= 0.6 is 0 Å². The van der Waals surface area contributed by atoms with Crippen LogP contribution in [0.3, 0.4) is 0 Å². The first-order chi connectivity index (χ1) is 6.68. The predicted octanol–water partition coefficient (Wildman–Crippen LogP) is 1.26. The molecular weight excluding hydrogens is 184 g/mol. The lowest BCUT2D eigenvalue weighted by Gasteiger charge is -1.93. The van der Waals surface area contributed by atoms with Crippen LogP contribution in [-0.4, -0.2) is 10.8 Å². The Morgan fingerprint density at radius 3 is 2.79 bits per heavy atom. The summed E-state index contributed by atoms with van der Waals surface area (Å²) < 4.78 is 0. The zero-order valence-corrected chi connectivity index (χ0v) is 7.06. The number of rotatable bonds is 1. The van der Waals surface area contributed by atoms with Crippen LogP contribution in [0, 0.1) is 10.1 Å². The molecule has 1 aliphatic rings. The van der Waals surface area contributed by atoms with E-state index in [-0.39, 0.29) is 5.57 Å². The standard InChI is InChI=1S/C9H6N2O3/c12-9-7(5-11(13)14)6-3-1-2-4-8(6)10-9/h1-5H,(H,10,12). The van der Waals surface area contributed by atoms with Crippen LogP contribution in [0.4, 0.5) is 5.69 Å². The lowest BCUT2D eigenvalue weighted by Crippen LogP contribution is -2.04. The average molecular weight is 190 g/mol. The molecule has 5 heteroatoms. The minimum atomic E-state index is -0.628. The number of benzene rings is 1. The third-order valence-corrected chi connectivity index (χ3v) is 1.94. The number of carbonyl (C=O) groups excluding carboxylic acids is 1. The zero-order chi connectivity index (χ0) is 10.1. The van der Waals surface area contributed by atoms with Crippen molar-refractivity contribution in [1.82, 2.24) is 0 Å². The molecule has 0 bridgehead atoms. The van der Waals surface area contributed by atoms with Gasteiger partial charge in [-0.3, -0.25) is 14.9 Å². The molecule has 1 N–H and O–H groups in total. The van der Waals surface area contributed by atoms with Crippen molar-refractivity contribution in [2.75, 3.05) is 5.32 Å². The highest BCUT2D eigenvalue weighted by Crippen LogP contribution is 2.30. The first kappa shape index (κ1) is 8.43. The van der Waals surface area contributed by atoms with E-state index in [1.165, 1.54) is 0 Å². The van der Waals surface area contributed by atoms with E-state index in [0.29, 0.717) is 11.3 Å². The molecule has 2 rings (SSSR count). The number of nitrogens with one attached hydrogen (secondary N) is 1. The first-order valence-electron chi connectivity index (χ1n) is 3.94. The maximum absolute atomic E-state index is 11.3. The molecule has 0 spiro atoms. The maximum Gasteiger partial charge on any atom is 0.262 e. The van der Waals surface area contributed by atoms with Crippen molar-refractivity contribution < 1.29 is 9.72 Å². The van der Waals surface area contributed by atoms with Gasteiger partial charge in [0.15, 0.2) is 0 Å². The van der Waals surface area contributed by atoms with Gasteiger partial charge in [-0.25, -0.2) is 0 Å². The number of hydrogen-bond acceptors (Lipinski definition) is 3. The van der Waals surface area contributed by atoms with Gasteiger partial charge in [0, 0.05) is 11.3 Å². The highest BCUT2D eigenvalue weighted by atomic mass is 16.6. The van der Waals surface area contributed by atoms with Crippen molar-refractivity contribution in [2.45, 2.75) is 0 Å². The van der Waals surface area contributed by atoms with Gasteiger partial charge in [-0.05, 0) is 6.07 Å². The van der Waals surface area contributed by atoms with Crippen LogP contribution in [0.5, 0.6) is 0 Å². The minimum absolute atomic E-state index is 0.102. The number of carbonyl (C=O) groups is 1. The molecule has 5 nitrogen and oxygen atoms in total. The van der Waals surface area contributed by atoms with E-state index in [1.54, 1.807) is 24.3 Å². The number of fused-ring (bicyclic) bond motifs is 1. The molecule has 1 amide bonds. The Kier molecular flexibility index (Phi) is 1.78. The number of hydrogen-bond donors (Lipinski definition) is 1. The van der Waals surface area contributed by atoms with Crippen molar-refractivity contribution in [3.63, 3.8) is 0 Å². The van der Waals surface area contributed by atoms with Crippen LogP contribution in [0.15, 0.2) is 30.5 Å². The molecule has 0 saturated carbocycles. The summed E-state index contributed by atoms with van der Waals surface area (Å²) in [6.45, 7) is 0. The summed E-state index contributed by atoms with van der Waals surface area (Å²) in [4.78, 5) is 20.9. The van der Waals surface area contributed by atoms with Crippen molar-refractivity contribution in [3.8, 4) is 0 Å². The van der Waals surface area contributed by atoms with Gasteiger partial charge in [0.1, 0.15) is 5.57 Å². The van der Waals surface area contributed by atoms with Gasteiger partial charge >= 0.3 is 0 Å². The van der Waals surface area contributed by atoms with Crippen molar-refractivity contribution >= 4 is 17.2 Å². The van der Waals surface area contributed by atoms with Gasteiger partial charge in [-0.15, -0.1) is 0 Å². The fraction of sp³-hybridized carbons (Fsp3) is 0. The van der Waals surface area contributed by atoms with Crippen LogP contribution in [0.2, 0.25) is 0 Å². The molecule has 70 valence electrons. The molecule has 0 unspecified atom stereocenters. The van der Waals surface area contributed by atoms with Gasteiger partial charge in [0.25, 0.3) is 5.91 Å². The van der Waals surface area contributed by atoms with Gasteiger partial charge in [0.2, 0.25) is 6.20 Å². The van der Waals surface area contributed by atoms with Crippen LogP contribution in [0.25, 0.3) is 5.57 Å². The normalized spacial score (nSPS) is 16.6. The summed E-state index contributed by atoms with van der Waals surface area (Å²) in [7, 11) is 0. The molecule has 0 aliphatic carbocycles. The Balaban J connectivity index is 2.55. The third-order valence-electron chi connectivity index (χ3n) is 1.94. The van der Waals surface area contributed by atoms with E-state index >= 15 is 0 Å². The lowest BCUT2D eigenvalue weighted by atomic mass is 10.1. The number of nitrogens with zero attached hydrogens (tertiary/aromatic N) is 1. The van der Waals surface area contributed by atoms with Crippen LogP contribution in [-0.2, 0) is 4.79 Å². The fourth-order valence-electron chi connectivity index (χ4n) is 1.37. The molecule has 1 aliphatic heterocycles. The number of amides is 1. The van der Waals surface area contributed by atoms with Crippen molar-refractivity contribution in [2.24, 2.45) is 0 Å². The van der Waals surface area contributed by atoms with Gasteiger partial charge in [-0.1, -0.05) is 18.2 Å². The van der Waals surface area contributed by atoms with Gasteiger partial charge in [-0.2, -0.15) is 0 Å². The summed E-state index contributed by atoms with van der Waals surface area (Å²) in [6, 6.07) is 6.86. The summed E-state index contributed by atoms with van der Waals surface area (Å²) >= 11 is 0. The largest absolute Gasteiger partial charge is 0.321 e. The molecule has 0 aromatic heterocycles. The predicted molar refractivity (Wildman–Crippen MR) is 50.0 cm³/mol. The van der Waals surface area contributed by atoms with E-state index in [1.807, 2.05) is 0 Å².